The van der Waals surface area contributed by atoms with E-state index in [1.807, 2.05) is 18.0 Å². The van der Waals surface area contributed by atoms with Crippen LogP contribution >= 0.6 is 24.0 Å². The summed E-state index contributed by atoms with van der Waals surface area (Å²) >= 11 is 5.87. The summed E-state index contributed by atoms with van der Waals surface area (Å²) in [6.45, 7) is 2.76. The van der Waals surface area contributed by atoms with Crippen molar-refractivity contribution in [3.63, 3.8) is 0 Å². The fourth-order valence-electron chi connectivity index (χ4n) is 2.47. The maximum Gasteiger partial charge on any atom is 0.260 e. The molecule has 1 amide bonds. The van der Waals surface area contributed by atoms with E-state index < -0.39 is 0 Å². The van der Waals surface area contributed by atoms with Crippen molar-refractivity contribution in [1.82, 2.24) is 10.2 Å². The van der Waals surface area contributed by atoms with Gasteiger partial charge in [-0.2, -0.15) is 0 Å². The summed E-state index contributed by atoms with van der Waals surface area (Å²) in [5.41, 5.74) is 0. The number of hydrogen-bond acceptors (Lipinski definition) is 3. The van der Waals surface area contributed by atoms with Gasteiger partial charge in [-0.05, 0) is 50.6 Å². The van der Waals surface area contributed by atoms with Crippen LogP contribution in [0.15, 0.2) is 24.3 Å². The maximum absolute atomic E-state index is 12.1. The third-order valence-corrected chi connectivity index (χ3v) is 3.85. The molecule has 0 bridgehead atoms. The third-order valence-electron chi connectivity index (χ3n) is 3.62. The Bertz CT molecular complexity index is 449. The number of halogens is 2. The monoisotopic (exact) mass is 332 g/mol. The minimum atomic E-state index is 0. The molecule has 1 saturated heterocycles. The highest BCUT2D eigenvalue weighted by Gasteiger charge is 2.22. The quantitative estimate of drug-likeness (QED) is 0.901. The van der Waals surface area contributed by atoms with Gasteiger partial charge in [-0.1, -0.05) is 17.7 Å². The molecule has 0 saturated carbocycles. The van der Waals surface area contributed by atoms with Crippen molar-refractivity contribution < 1.29 is 9.53 Å². The average molecular weight is 333 g/mol. The van der Waals surface area contributed by atoms with Crippen LogP contribution in [0.2, 0.25) is 5.02 Å². The zero-order chi connectivity index (χ0) is 14.4. The van der Waals surface area contributed by atoms with E-state index in [1.165, 1.54) is 0 Å². The fourth-order valence-corrected chi connectivity index (χ4v) is 2.65. The number of nitrogens with zero attached hydrogens (tertiary/aromatic N) is 1. The molecule has 0 aromatic heterocycles. The predicted octanol–water partition coefficient (Wildman–Crippen LogP) is 2.60. The number of rotatable bonds is 5. The Hall–Kier alpha value is -0.970. The van der Waals surface area contributed by atoms with Gasteiger partial charge in [-0.15, -0.1) is 12.4 Å². The molecule has 0 unspecified atom stereocenters. The van der Waals surface area contributed by atoms with Crippen LogP contribution in [-0.2, 0) is 4.79 Å². The Balaban J connectivity index is 0.00000220. The number of piperidine rings is 1. The Kier molecular flexibility index (Phi) is 7.86. The molecule has 0 spiro atoms. The number of carbonyl (C=O) groups is 1. The van der Waals surface area contributed by atoms with Gasteiger partial charge in [0.1, 0.15) is 5.75 Å². The Labute approximate surface area is 137 Å². The number of amides is 1. The van der Waals surface area contributed by atoms with Crippen LogP contribution in [0.4, 0.5) is 0 Å². The lowest BCUT2D eigenvalue weighted by molar-refractivity contribution is -0.134. The van der Waals surface area contributed by atoms with Gasteiger partial charge in [0.15, 0.2) is 6.61 Å². The molecule has 1 N–H and O–H groups in total. The predicted molar refractivity (Wildman–Crippen MR) is 87.4 cm³/mol. The van der Waals surface area contributed by atoms with E-state index in [9.17, 15) is 4.79 Å². The molecule has 1 aliphatic rings. The molecular formula is C15H22Cl2N2O2. The number of likely N-dealkylation sites (tertiary alicyclic amines) is 1. The van der Waals surface area contributed by atoms with Gasteiger partial charge in [0.2, 0.25) is 0 Å². The van der Waals surface area contributed by atoms with Gasteiger partial charge in [-0.3, -0.25) is 4.79 Å². The maximum atomic E-state index is 12.1. The summed E-state index contributed by atoms with van der Waals surface area (Å²) in [4.78, 5) is 14.0. The van der Waals surface area contributed by atoms with Gasteiger partial charge in [-0.25, -0.2) is 0 Å². The second kappa shape index (κ2) is 9.13. The molecule has 1 heterocycles. The first-order valence-corrected chi connectivity index (χ1v) is 7.37. The lowest BCUT2D eigenvalue weighted by Crippen LogP contribution is -2.42. The van der Waals surface area contributed by atoms with Crippen molar-refractivity contribution in [2.45, 2.75) is 12.8 Å². The van der Waals surface area contributed by atoms with E-state index in [2.05, 4.69) is 5.32 Å². The van der Waals surface area contributed by atoms with Crippen molar-refractivity contribution in [2.24, 2.45) is 5.92 Å². The van der Waals surface area contributed by atoms with E-state index in [1.54, 1.807) is 18.2 Å². The highest BCUT2D eigenvalue weighted by atomic mass is 35.5. The second-order valence-electron chi connectivity index (χ2n) is 5.13. The first kappa shape index (κ1) is 18.1. The van der Waals surface area contributed by atoms with Crippen molar-refractivity contribution >= 4 is 29.9 Å². The topological polar surface area (TPSA) is 41.6 Å². The molecule has 21 heavy (non-hydrogen) atoms. The minimum absolute atomic E-state index is 0. The number of ether oxygens (including phenoxy) is 1. The summed E-state index contributed by atoms with van der Waals surface area (Å²) in [5.74, 6) is 1.36. The molecule has 2 rings (SSSR count). The molecule has 1 aromatic rings. The smallest absolute Gasteiger partial charge is 0.260 e. The van der Waals surface area contributed by atoms with Crippen LogP contribution in [0, 0.1) is 5.92 Å². The van der Waals surface area contributed by atoms with Gasteiger partial charge < -0.3 is 15.0 Å². The summed E-state index contributed by atoms with van der Waals surface area (Å²) in [7, 11) is 1.97. The van der Waals surface area contributed by atoms with Crippen LogP contribution in [-0.4, -0.2) is 44.1 Å². The Morgan fingerprint density at radius 1 is 1.43 bits per heavy atom. The highest BCUT2D eigenvalue weighted by molar-refractivity contribution is 6.30. The number of nitrogens with one attached hydrogen (secondary N) is 1. The van der Waals surface area contributed by atoms with E-state index in [0.717, 1.165) is 32.5 Å². The average Bonchev–Trinajstić information content (AvgIpc) is 2.46. The van der Waals surface area contributed by atoms with Crippen molar-refractivity contribution in [3.8, 4) is 5.75 Å². The number of benzene rings is 1. The van der Waals surface area contributed by atoms with Crippen LogP contribution in [0.5, 0.6) is 5.75 Å². The molecule has 0 radical (unpaired) electrons. The number of hydrogen-bond donors (Lipinski definition) is 1. The molecule has 118 valence electrons. The SMILES string of the molecule is CNCC1CCN(C(=O)COc2cccc(Cl)c2)CC1.Cl. The lowest BCUT2D eigenvalue weighted by Gasteiger charge is -2.31. The Morgan fingerprint density at radius 3 is 2.76 bits per heavy atom. The highest BCUT2D eigenvalue weighted by Crippen LogP contribution is 2.18. The van der Waals surface area contributed by atoms with Crippen molar-refractivity contribution in [2.75, 3.05) is 33.3 Å². The molecular weight excluding hydrogens is 311 g/mol. The largest absolute Gasteiger partial charge is 0.484 e. The molecule has 0 aliphatic carbocycles. The summed E-state index contributed by atoms with van der Waals surface area (Å²) in [6.07, 6.45) is 2.12. The molecule has 1 aromatic carbocycles. The standard InChI is InChI=1S/C15H21ClN2O2.ClH/c1-17-10-12-5-7-18(8-6-12)15(19)11-20-14-4-2-3-13(16)9-14;/h2-4,9,12,17H,5-8,10-11H2,1H3;1H. The zero-order valence-electron chi connectivity index (χ0n) is 12.2. The van der Waals surface area contributed by atoms with E-state index in [-0.39, 0.29) is 24.9 Å². The van der Waals surface area contributed by atoms with Crippen molar-refractivity contribution in [3.05, 3.63) is 29.3 Å². The molecule has 4 nitrogen and oxygen atoms in total. The fraction of sp³-hybridized carbons (Fsp3) is 0.533. The number of carbonyl (C=O) groups excluding carboxylic acids is 1. The molecule has 1 aliphatic heterocycles. The van der Waals surface area contributed by atoms with Crippen LogP contribution in [0.1, 0.15) is 12.8 Å². The van der Waals surface area contributed by atoms with Crippen LogP contribution in [0.3, 0.4) is 0 Å². The van der Waals surface area contributed by atoms with Gasteiger partial charge in [0, 0.05) is 18.1 Å². The summed E-state index contributed by atoms with van der Waals surface area (Å²) in [6, 6.07) is 7.11. The zero-order valence-corrected chi connectivity index (χ0v) is 13.8. The first-order valence-electron chi connectivity index (χ1n) is 7.00. The summed E-state index contributed by atoms with van der Waals surface area (Å²) < 4.78 is 5.49. The first-order chi connectivity index (χ1) is 9.69. The molecule has 6 heteroatoms. The van der Waals surface area contributed by atoms with Gasteiger partial charge in [0.25, 0.3) is 5.91 Å². The van der Waals surface area contributed by atoms with Gasteiger partial charge >= 0.3 is 0 Å². The van der Waals surface area contributed by atoms with Crippen LogP contribution in [0.25, 0.3) is 0 Å². The van der Waals surface area contributed by atoms with E-state index >= 15 is 0 Å². The molecule has 1 fully saturated rings. The normalized spacial score (nSPS) is 15.4. The lowest BCUT2D eigenvalue weighted by atomic mass is 9.97. The van der Waals surface area contributed by atoms with E-state index in [4.69, 9.17) is 16.3 Å². The molecule has 0 atom stereocenters. The minimum Gasteiger partial charge on any atom is -0.484 e. The third kappa shape index (κ3) is 5.73. The van der Waals surface area contributed by atoms with Crippen molar-refractivity contribution in [1.29, 1.82) is 0 Å². The van der Waals surface area contributed by atoms with Gasteiger partial charge in [0.05, 0.1) is 0 Å². The Morgan fingerprint density at radius 2 is 2.14 bits per heavy atom. The summed E-state index contributed by atoms with van der Waals surface area (Å²) in [5, 5.41) is 3.81. The van der Waals surface area contributed by atoms with E-state index in [0.29, 0.717) is 16.7 Å². The second-order valence-corrected chi connectivity index (χ2v) is 5.56. The van der Waals surface area contributed by atoms with Crippen LogP contribution < -0.4 is 10.1 Å².